The predicted octanol–water partition coefficient (Wildman–Crippen LogP) is 0.918. The van der Waals surface area contributed by atoms with Gasteiger partial charge in [0.2, 0.25) is 0 Å². The molecule has 15 heavy (non-hydrogen) atoms. The maximum Gasteiger partial charge on any atom is 0.263 e. The molecule has 0 aromatic carbocycles. The number of hydrogen-bond donors (Lipinski definition) is 2. The summed E-state index contributed by atoms with van der Waals surface area (Å²) < 4.78 is 0. The van der Waals surface area contributed by atoms with E-state index in [1.165, 1.54) is 6.20 Å². The second kappa shape index (κ2) is 5.40. The van der Waals surface area contributed by atoms with Gasteiger partial charge in [0.25, 0.3) is 5.91 Å². The fraction of sp³-hybridized carbons (Fsp3) is 0.636. The van der Waals surface area contributed by atoms with Crippen LogP contribution in [0.25, 0.3) is 0 Å². The van der Waals surface area contributed by atoms with Gasteiger partial charge in [-0.3, -0.25) is 4.79 Å². The Balaban J connectivity index is 2.39. The molecule has 4 nitrogen and oxygen atoms in total. The summed E-state index contributed by atoms with van der Waals surface area (Å²) in [5.74, 6) is 0.102. The Bertz CT molecular complexity index is 297. The molecule has 0 atom stereocenters. The van der Waals surface area contributed by atoms with Gasteiger partial charge >= 0.3 is 0 Å². The molecular formula is C11H17N3O. The molecule has 0 aromatic rings. The molecule has 0 spiro atoms. The molecule has 0 radical (unpaired) electrons. The topological polar surface area (TPSA) is 64.9 Å². The summed E-state index contributed by atoms with van der Waals surface area (Å²) in [6.07, 6.45) is 3.78. The van der Waals surface area contributed by atoms with Crippen LogP contribution in [0.1, 0.15) is 26.7 Å². The van der Waals surface area contributed by atoms with E-state index >= 15 is 0 Å². The Morgan fingerprint density at radius 1 is 1.60 bits per heavy atom. The Hall–Kier alpha value is -1.50. The average Bonchev–Trinajstić information content (AvgIpc) is 2.99. The van der Waals surface area contributed by atoms with E-state index < -0.39 is 0 Å². The fourth-order valence-electron chi connectivity index (χ4n) is 0.992. The van der Waals surface area contributed by atoms with Crippen LogP contribution in [-0.4, -0.2) is 18.5 Å². The third kappa shape index (κ3) is 4.50. The lowest BCUT2D eigenvalue weighted by molar-refractivity contribution is -0.117. The van der Waals surface area contributed by atoms with Gasteiger partial charge in [0, 0.05) is 18.8 Å². The molecule has 0 saturated heterocycles. The van der Waals surface area contributed by atoms with Crippen LogP contribution in [0, 0.1) is 17.2 Å². The number of carbonyl (C=O) groups is 1. The van der Waals surface area contributed by atoms with E-state index in [-0.39, 0.29) is 11.5 Å². The zero-order chi connectivity index (χ0) is 11.3. The molecule has 1 rings (SSSR count). The van der Waals surface area contributed by atoms with Crippen LogP contribution < -0.4 is 10.6 Å². The molecule has 1 aliphatic rings. The molecule has 0 aromatic heterocycles. The first-order valence-electron chi connectivity index (χ1n) is 5.28. The van der Waals surface area contributed by atoms with Gasteiger partial charge in [-0.2, -0.15) is 5.26 Å². The quantitative estimate of drug-likeness (QED) is 0.520. The molecular weight excluding hydrogens is 190 g/mol. The van der Waals surface area contributed by atoms with Crippen molar-refractivity contribution in [3.63, 3.8) is 0 Å². The SMILES string of the molecule is CC(C)CNC(=O)/C(C#N)=C\NC1CC1. The number of nitriles is 1. The van der Waals surface area contributed by atoms with Crippen LogP contribution in [0.5, 0.6) is 0 Å². The molecule has 0 heterocycles. The second-order valence-electron chi connectivity index (χ2n) is 4.21. The molecule has 1 saturated carbocycles. The van der Waals surface area contributed by atoms with Crippen LogP contribution in [0.4, 0.5) is 0 Å². The summed E-state index contributed by atoms with van der Waals surface area (Å²) >= 11 is 0. The van der Waals surface area contributed by atoms with Gasteiger partial charge in [-0.25, -0.2) is 0 Å². The summed E-state index contributed by atoms with van der Waals surface area (Å²) in [6, 6.07) is 2.36. The van der Waals surface area contributed by atoms with Crippen molar-refractivity contribution < 1.29 is 4.79 Å². The molecule has 0 unspecified atom stereocenters. The van der Waals surface area contributed by atoms with E-state index in [1.807, 2.05) is 19.9 Å². The van der Waals surface area contributed by atoms with Gasteiger partial charge in [0.05, 0.1) is 0 Å². The van der Waals surface area contributed by atoms with Crippen molar-refractivity contribution >= 4 is 5.91 Å². The van der Waals surface area contributed by atoms with E-state index in [0.29, 0.717) is 18.5 Å². The maximum absolute atomic E-state index is 11.5. The number of nitrogens with zero attached hydrogens (tertiary/aromatic N) is 1. The third-order valence-electron chi connectivity index (χ3n) is 2.08. The summed E-state index contributed by atoms with van der Waals surface area (Å²) in [7, 11) is 0. The zero-order valence-electron chi connectivity index (χ0n) is 9.21. The largest absolute Gasteiger partial charge is 0.387 e. The van der Waals surface area contributed by atoms with Gasteiger partial charge in [-0.1, -0.05) is 13.8 Å². The Morgan fingerprint density at radius 2 is 2.27 bits per heavy atom. The number of hydrogen-bond acceptors (Lipinski definition) is 3. The van der Waals surface area contributed by atoms with E-state index in [9.17, 15) is 4.79 Å². The van der Waals surface area contributed by atoms with Crippen LogP contribution in [-0.2, 0) is 4.79 Å². The highest BCUT2D eigenvalue weighted by Gasteiger charge is 2.20. The Labute approximate surface area is 90.3 Å². The first kappa shape index (κ1) is 11.6. The highest BCUT2D eigenvalue weighted by molar-refractivity contribution is 5.97. The first-order valence-corrected chi connectivity index (χ1v) is 5.28. The van der Waals surface area contributed by atoms with Gasteiger partial charge in [0.1, 0.15) is 11.6 Å². The van der Waals surface area contributed by atoms with Gasteiger partial charge in [-0.15, -0.1) is 0 Å². The van der Waals surface area contributed by atoms with Crippen molar-refractivity contribution in [3.05, 3.63) is 11.8 Å². The lowest BCUT2D eigenvalue weighted by Crippen LogP contribution is -2.29. The van der Waals surface area contributed by atoms with Crippen molar-refractivity contribution in [3.8, 4) is 6.07 Å². The molecule has 1 fully saturated rings. The van der Waals surface area contributed by atoms with E-state index in [0.717, 1.165) is 12.8 Å². The second-order valence-corrected chi connectivity index (χ2v) is 4.21. The van der Waals surface area contributed by atoms with Gasteiger partial charge < -0.3 is 10.6 Å². The number of amides is 1. The standard InChI is InChI=1S/C11H17N3O/c1-8(2)6-14-11(15)9(5-12)7-13-10-3-4-10/h7-8,10,13H,3-4,6H2,1-2H3,(H,14,15)/b9-7-. The monoisotopic (exact) mass is 207 g/mol. The molecule has 0 aliphatic heterocycles. The first-order chi connectivity index (χ1) is 7.13. The minimum atomic E-state index is -0.292. The van der Waals surface area contributed by atoms with Crippen molar-refractivity contribution in [1.82, 2.24) is 10.6 Å². The lowest BCUT2D eigenvalue weighted by atomic mass is 10.2. The maximum atomic E-state index is 11.5. The average molecular weight is 207 g/mol. The minimum Gasteiger partial charge on any atom is -0.387 e. The lowest BCUT2D eigenvalue weighted by Gasteiger charge is -2.06. The Morgan fingerprint density at radius 3 is 2.73 bits per heavy atom. The van der Waals surface area contributed by atoms with Crippen LogP contribution in [0.3, 0.4) is 0 Å². The normalized spacial score (nSPS) is 16.0. The van der Waals surface area contributed by atoms with Gasteiger partial charge in [0.15, 0.2) is 0 Å². The minimum absolute atomic E-state index is 0.155. The van der Waals surface area contributed by atoms with E-state index in [2.05, 4.69) is 10.6 Å². The molecule has 2 N–H and O–H groups in total. The summed E-state index contributed by atoms with van der Waals surface area (Å²) in [5, 5.41) is 14.5. The summed E-state index contributed by atoms with van der Waals surface area (Å²) in [4.78, 5) is 11.5. The zero-order valence-corrected chi connectivity index (χ0v) is 9.21. The third-order valence-corrected chi connectivity index (χ3v) is 2.08. The number of nitrogens with one attached hydrogen (secondary N) is 2. The highest BCUT2D eigenvalue weighted by atomic mass is 16.1. The van der Waals surface area contributed by atoms with Crippen molar-refractivity contribution in [2.45, 2.75) is 32.7 Å². The number of carbonyl (C=O) groups excluding carboxylic acids is 1. The smallest absolute Gasteiger partial charge is 0.263 e. The molecule has 0 bridgehead atoms. The van der Waals surface area contributed by atoms with E-state index in [4.69, 9.17) is 5.26 Å². The highest BCUT2D eigenvalue weighted by Crippen LogP contribution is 2.18. The van der Waals surface area contributed by atoms with E-state index in [1.54, 1.807) is 0 Å². The summed E-state index contributed by atoms with van der Waals surface area (Å²) in [5.41, 5.74) is 0.155. The van der Waals surface area contributed by atoms with Crippen LogP contribution in [0.15, 0.2) is 11.8 Å². The summed E-state index contributed by atoms with van der Waals surface area (Å²) in [6.45, 7) is 4.62. The Kier molecular flexibility index (Phi) is 4.17. The van der Waals surface area contributed by atoms with Gasteiger partial charge in [-0.05, 0) is 18.8 Å². The van der Waals surface area contributed by atoms with Crippen LogP contribution in [0.2, 0.25) is 0 Å². The molecule has 82 valence electrons. The van der Waals surface area contributed by atoms with Crippen molar-refractivity contribution in [2.75, 3.05) is 6.54 Å². The van der Waals surface area contributed by atoms with Crippen molar-refractivity contribution in [1.29, 1.82) is 5.26 Å². The number of rotatable bonds is 5. The predicted molar refractivity (Wildman–Crippen MR) is 57.7 cm³/mol. The fourth-order valence-corrected chi connectivity index (χ4v) is 0.992. The van der Waals surface area contributed by atoms with Crippen molar-refractivity contribution in [2.24, 2.45) is 5.92 Å². The molecule has 1 amide bonds. The molecule has 1 aliphatic carbocycles. The van der Waals surface area contributed by atoms with Crippen LogP contribution >= 0.6 is 0 Å². The molecule has 4 heteroatoms.